The van der Waals surface area contributed by atoms with Crippen LogP contribution in [0, 0.1) is 0 Å². The molecule has 0 aliphatic heterocycles. The number of thiocarbonyl (C=S) groups is 1. The van der Waals surface area contributed by atoms with Crippen molar-refractivity contribution in [2.75, 3.05) is 12.9 Å². The molecule has 5 heteroatoms. The molecule has 0 unspecified atom stereocenters. The van der Waals surface area contributed by atoms with Crippen molar-refractivity contribution < 1.29 is 14.3 Å². The van der Waals surface area contributed by atoms with Crippen LogP contribution in [0.1, 0.15) is 47.9 Å². The SMILES string of the molecule is CCCSC(=S)/C=C(/C)C(=O)c1cccc(C(C)=O)c1OC. The molecule has 0 amide bonds. The molecule has 0 spiro atoms. The van der Waals surface area contributed by atoms with Gasteiger partial charge < -0.3 is 4.74 Å². The first kappa shape index (κ1) is 18.6. The summed E-state index contributed by atoms with van der Waals surface area (Å²) in [6, 6.07) is 5.00. The number of thioether (sulfide) groups is 1. The van der Waals surface area contributed by atoms with Crippen molar-refractivity contribution in [1.82, 2.24) is 0 Å². The molecule has 0 aliphatic rings. The Labute approximate surface area is 141 Å². The molecule has 118 valence electrons. The van der Waals surface area contributed by atoms with Crippen LogP contribution in [0.4, 0.5) is 0 Å². The van der Waals surface area contributed by atoms with Crippen LogP contribution in [0.3, 0.4) is 0 Å². The molecule has 0 radical (unpaired) electrons. The molecule has 1 aromatic carbocycles. The molecule has 0 N–H and O–H groups in total. The maximum Gasteiger partial charge on any atom is 0.192 e. The van der Waals surface area contributed by atoms with Crippen molar-refractivity contribution in [3.63, 3.8) is 0 Å². The summed E-state index contributed by atoms with van der Waals surface area (Å²) in [6.45, 7) is 5.25. The predicted octanol–water partition coefficient (Wildman–Crippen LogP) is 4.50. The third-order valence-electron chi connectivity index (χ3n) is 2.98. The summed E-state index contributed by atoms with van der Waals surface area (Å²) in [4.78, 5) is 24.2. The molecule has 0 heterocycles. The predicted molar refractivity (Wildman–Crippen MR) is 96.4 cm³/mol. The molecule has 0 aliphatic carbocycles. The van der Waals surface area contributed by atoms with Gasteiger partial charge in [0.2, 0.25) is 0 Å². The maximum absolute atomic E-state index is 12.6. The zero-order chi connectivity index (χ0) is 16.7. The Kier molecular flexibility index (Phi) is 7.48. The third-order valence-corrected chi connectivity index (χ3v) is 4.47. The van der Waals surface area contributed by atoms with E-state index in [1.54, 1.807) is 43.0 Å². The van der Waals surface area contributed by atoms with Crippen molar-refractivity contribution in [3.8, 4) is 5.75 Å². The van der Waals surface area contributed by atoms with E-state index in [0.717, 1.165) is 12.2 Å². The molecule has 0 saturated carbocycles. The lowest BCUT2D eigenvalue weighted by Gasteiger charge is -2.11. The molecular formula is C17H20O3S2. The molecule has 0 saturated heterocycles. The van der Waals surface area contributed by atoms with E-state index >= 15 is 0 Å². The minimum Gasteiger partial charge on any atom is -0.495 e. The van der Waals surface area contributed by atoms with E-state index in [2.05, 4.69) is 6.92 Å². The van der Waals surface area contributed by atoms with Crippen LogP contribution in [0.2, 0.25) is 0 Å². The van der Waals surface area contributed by atoms with Crippen molar-refractivity contribution in [2.45, 2.75) is 27.2 Å². The van der Waals surface area contributed by atoms with E-state index in [9.17, 15) is 9.59 Å². The van der Waals surface area contributed by atoms with Crippen LogP contribution >= 0.6 is 24.0 Å². The van der Waals surface area contributed by atoms with Crippen molar-refractivity contribution >= 4 is 39.7 Å². The number of benzene rings is 1. The first-order valence-corrected chi connectivity index (χ1v) is 8.39. The zero-order valence-corrected chi connectivity index (χ0v) is 14.9. The van der Waals surface area contributed by atoms with Crippen molar-refractivity contribution in [1.29, 1.82) is 0 Å². The van der Waals surface area contributed by atoms with Gasteiger partial charge in [-0.1, -0.05) is 25.2 Å². The Balaban J connectivity index is 3.12. The number of carbonyl (C=O) groups excluding carboxylic acids is 2. The number of ether oxygens (including phenoxy) is 1. The van der Waals surface area contributed by atoms with Crippen LogP contribution in [0.15, 0.2) is 29.8 Å². The molecule has 0 fully saturated rings. The molecule has 0 aromatic heterocycles. The lowest BCUT2D eigenvalue weighted by molar-refractivity contribution is 0.101. The summed E-state index contributed by atoms with van der Waals surface area (Å²) < 4.78 is 5.96. The number of para-hydroxylation sites is 1. The molecular weight excluding hydrogens is 316 g/mol. The number of allylic oxidation sites excluding steroid dienone is 1. The van der Waals surface area contributed by atoms with Gasteiger partial charge in [-0.15, -0.1) is 11.8 Å². The van der Waals surface area contributed by atoms with Gasteiger partial charge >= 0.3 is 0 Å². The molecule has 22 heavy (non-hydrogen) atoms. The highest BCUT2D eigenvalue weighted by atomic mass is 32.2. The Hall–Kier alpha value is -1.46. The average molecular weight is 336 g/mol. The average Bonchev–Trinajstić information content (AvgIpc) is 2.50. The maximum atomic E-state index is 12.6. The second-order valence-electron chi connectivity index (χ2n) is 4.77. The van der Waals surface area contributed by atoms with E-state index in [0.29, 0.717) is 26.6 Å². The van der Waals surface area contributed by atoms with Gasteiger partial charge in [0.05, 0.1) is 22.4 Å². The fourth-order valence-electron chi connectivity index (χ4n) is 1.91. The van der Waals surface area contributed by atoms with E-state index < -0.39 is 0 Å². The lowest BCUT2D eigenvalue weighted by Crippen LogP contribution is -2.08. The van der Waals surface area contributed by atoms with Gasteiger partial charge in [0.15, 0.2) is 11.6 Å². The van der Waals surface area contributed by atoms with Crippen molar-refractivity contribution in [3.05, 3.63) is 41.0 Å². The monoisotopic (exact) mass is 336 g/mol. The summed E-state index contributed by atoms with van der Waals surface area (Å²) in [5, 5.41) is 0. The molecule has 0 atom stereocenters. The third kappa shape index (κ3) is 4.78. The standard InChI is InChI=1S/C17H20O3S2/c1-5-9-22-15(21)10-11(2)16(19)14-8-6-7-13(12(3)18)17(14)20-4/h6-8,10H,5,9H2,1-4H3/b11-10-. The number of methoxy groups -OCH3 is 1. The first-order valence-electron chi connectivity index (χ1n) is 7.00. The lowest BCUT2D eigenvalue weighted by atomic mass is 9.99. The van der Waals surface area contributed by atoms with Gasteiger partial charge in [-0.2, -0.15) is 0 Å². The van der Waals surface area contributed by atoms with Gasteiger partial charge in [-0.05, 0) is 49.8 Å². The van der Waals surface area contributed by atoms with Crippen LogP contribution in [0.5, 0.6) is 5.75 Å². The number of Topliss-reactive ketones (excluding diaryl/α,β-unsaturated/α-hetero) is 2. The quantitative estimate of drug-likeness (QED) is 0.417. The Morgan fingerprint density at radius 1 is 1.27 bits per heavy atom. The largest absolute Gasteiger partial charge is 0.495 e. The minimum absolute atomic E-state index is 0.137. The van der Waals surface area contributed by atoms with Crippen LogP contribution in [-0.4, -0.2) is 28.6 Å². The number of hydrogen-bond donors (Lipinski definition) is 0. The van der Waals surface area contributed by atoms with Gasteiger partial charge in [0, 0.05) is 0 Å². The Bertz CT molecular complexity index is 618. The Morgan fingerprint density at radius 3 is 2.45 bits per heavy atom. The summed E-state index contributed by atoms with van der Waals surface area (Å²) in [7, 11) is 1.46. The Morgan fingerprint density at radius 2 is 1.91 bits per heavy atom. The van der Waals surface area contributed by atoms with Crippen LogP contribution in [0.25, 0.3) is 0 Å². The number of ketones is 2. The molecule has 0 bridgehead atoms. The van der Waals surface area contributed by atoms with E-state index in [4.69, 9.17) is 17.0 Å². The highest BCUT2D eigenvalue weighted by molar-refractivity contribution is 8.23. The summed E-state index contributed by atoms with van der Waals surface area (Å²) in [6.07, 6.45) is 2.73. The number of carbonyl (C=O) groups is 2. The topological polar surface area (TPSA) is 43.4 Å². The van der Waals surface area contributed by atoms with Gasteiger partial charge in [-0.25, -0.2) is 0 Å². The molecule has 3 nitrogen and oxygen atoms in total. The second kappa shape index (κ2) is 8.86. The van der Waals surface area contributed by atoms with Crippen LogP contribution in [-0.2, 0) is 0 Å². The normalized spacial score (nSPS) is 11.2. The van der Waals surface area contributed by atoms with Gasteiger partial charge in [0.1, 0.15) is 5.75 Å². The fraction of sp³-hybridized carbons (Fsp3) is 0.353. The molecule has 1 rings (SSSR count). The summed E-state index contributed by atoms with van der Waals surface area (Å²) in [5.74, 6) is 0.932. The summed E-state index contributed by atoms with van der Waals surface area (Å²) >= 11 is 6.80. The number of rotatable bonds is 7. The fourth-order valence-corrected chi connectivity index (χ4v) is 3.00. The van der Waals surface area contributed by atoms with Crippen LogP contribution < -0.4 is 4.74 Å². The number of hydrogen-bond acceptors (Lipinski definition) is 5. The van der Waals surface area contributed by atoms with E-state index in [1.165, 1.54) is 14.0 Å². The van der Waals surface area contributed by atoms with Gasteiger partial charge in [-0.3, -0.25) is 9.59 Å². The first-order chi connectivity index (χ1) is 10.4. The summed E-state index contributed by atoms with van der Waals surface area (Å²) in [5.41, 5.74) is 1.32. The van der Waals surface area contributed by atoms with E-state index in [1.807, 2.05) is 0 Å². The highest BCUT2D eigenvalue weighted by Gasteiger charge is 2.19. The zero-order valence-electron chi connectivity index (χ0n) is 13.3. The van der Waals surface area contributed by atoms with Crippen molar-refractivity contribution in [2.24, 2.45) is 0 Å². The molecule has 1 aromatic rings. The van der Waals surface area contributed by atoms with E-state index in [-0.39, 0.29) is 11.6 Å². The second-order valence-corrected chi connectivity index (χ2v) is 6.60. The van der Waals surface area contributed by atoms with Gasteiger partial charge in [0.25, 0.3) is 0 Å². The highest BCUT2D eigenvalue weighted by Crippen LogP contribution is 2.27. The smallest absolute Gasteiger partial charge is 0.192 e. The minimum atomic E-state index is -0.181.